The zero-order chi connectivity index (χ0) is 18.9. The van der Waals surface area contributed by atoms with Crippen LogP contribution in [0, 0.1) is 0 Å². The van der Waals surface area contributed by atoms with Gasteiger partial charge in [-0.1, -0.05) is 6.92 Å². The Labute approximate surface area is 157 Å². The summed E-state index contributed by atoms with van der Waals surface area (Å²) in [7, 11) is 1.64. The number of amides is 1. The van der Waals surface area contributed by atoms with E-state index in [4.69, 9.17) is 15.5 Å². The standard InChI is InChI=1S/C20H23N3O2S/c1-5-20(2,3)23-18(24)17-16(21)14-10-11-15(22-19(14)26-17)12-6-8-13(25-4)9-7-12/h6-11H,5,21H2,1-4H3,(H,23,24). The van der Waals surface area contributed by atoms with E-state index in [2.05, 4.69) is 5.32 Å². The zero-order valence-corrected chi connectivity index (χ0v) is 16.2. The zero-order valence-electron chi connectivity index (χ0n) is 15.4. The van der Waals surface area contributed by atoms with Crippen LogP contribution in [0.15, 0.2) is 36.4 Å². The van der Waals surface area contributed by atoms with Crippen molar-refractivity contribution in [3.8, 4) is 17.0 Å². The predicted molar refractivity (Wildman–Crippen MR) is 108 cm³/mol. The van der Waals surface area contributed by atoms with E-state index in [0.717, 1.165) is 33.6 Å². The molecule has 5 nitrogen and oxygen atoms in total. The van der Waals surface area contributed by atoms with Crippen molar-refractivity contribution in [3.63, 3.8) is 0 Å². The molecule has 0 saturated carbocycles. The average molecular weight is 369 g/mol. The summed E-state index contributed by atoms with van der Waals surface area (Å²) >= 11 is 1.33. The van der Waals surface area contributed by atoms with E-state index >= 15 is 0 Å². The van der Waals surface area contributed by atoms with Crippen molar-refractivity contribution >= 4 is 33.1 Å². The van der Waals surface area contributed by atoms with Crippen LogP contribution < -0.4 is 15.8 Å². The second-order valence-corrected chi connectivity index (χ2v) is 7.81. The van der Waals surface area contributed by atoms with Crippen molar-refractivity contribution in [1.82, 2.24) is 10.3 Å². The second kappa shape index (κ2) is 6.96. The Hall–Kier alpha value is -2.60. The number of nitrogens with one attached hydrogen (secondary N) is 1. The Balaban J connectivity index is 1.96. The molecule has 2 aromatic heterocycles. The molecule has 0 radical (unpaired) electrons. The molecule has 6 heteroatoms. The number of hydrogen-bond acceptors (Lipinski definition) is 5. The minimum Gasteiger partial charge on any atom is -0.497 e. The van der Waals surface area contributed by atoms with Gasteiger partial charge in [-0.15, -0.1) is 11.3 Å². The maximum atomic E-state index is 12.6. The molecule has 3 N–H and O–H groups in total. The number of methoxy groups -OCH3 is 1. The van der Waals surface area contributed by atoms with Crippen molar-refractivity contribution in [3.05, 3.63) is 41.3 Å². The Morgan fingerprint density at radius 1 is 1.23 bits per heavy atom. The highest BCUT2D eigenvalue weighted by molar-refractivity contribution is 7.21. The molecule has 0 aliphatic rings. The lowest BCUT2D eigenvalue weighted by molar-refractivity contribution is 0.0916. The lowest BCUT2D eigenvalue weighted by Gasteiger charge is -2.24. The fraction of sp³-hybridized carbons (Fsp3) is 0.300. The number of pyridine rings is 1. The number of benzene rings is 1. The third kappa shape index (κ3) is 3.51. The topological polar surface area (TPSA) is 77.2 Å². The minimum atomic E-state index is -0.276. The van der Waals surface area contributed by atoms with E-state index in [1.165, 1.54) is 11.3 Å². The molecule has 1 amide bonds. The van der Waals surface area contributed by atoms with Gasteiger partial charge in [0.25, 0.3) is 5.91 Å². The van der Waals surface area contributed by atoms with Crippen LogP contribution in [0.4, 0.5) is 5.69 Å². The van der Waals surface area contributed by atoms with Gasteiger partial charge >= 0.3 is 0 Å². The molecule has 26 heavy (non-hydrogen) atoms. The molecule has 0 spiro atoms. The molecule has 136 valence electrons. The first-order chi connectivity index (χ1) is 12.3. The summed E-state index contributed by atoms with van der Waals surface area (Å²) in [6.45, 7) is 6.03. The van der Waals surface area contributed by atoms with E-state index in [9.17, 15) is 4.79 Å². The fourth-order valence-electron chi connectivity index (χ4n) is 2.54. The first-order valence-electron chi connectivity index (χ1n) is 8.50. The summed E-state index contributed by atoms with van der Waals surface area (Å²) in [5.41, 5.74) is 8.25. The molecule has 3 rings (SSSR count). The Bertz CT molecular complexity index is 946. The summed E-state index contributed by atoms with van der Waals surface area (Å²) in [6.07, 6.45) is 0.837. The van der Waals surface area contributed by atoms with E-state index in [1.54, 1.807) is 7.11 Å². The number of nitrogens with zero attached hydrogens (tertiary/aromatic N) is 1. The minimum absolute atomic E-state index is 0.150. The van der Waals surface area contributed by atoms with E-state index < -0.39 is 0 Å². The number of thiophene rings is 1. The van der Waals surface area contributed by atoms with Gasteiger partial charge in [-0.2, -0.15) is 0 Å². The number of anilines is 1. The summed E-state index contributed by atoms with van der Waals surface area (Å²) < 4.78 is 5.19. The van der Waals surface area contributed by atoms with Crippen LogP contribution in [0.5, 0.6) is 5.75 Å². The number of hydrogen-bond donors (Lipinski definition) is 2. The highest BCUT2D eigenvalue weighted by Crippen LogP contribution is 2.34. The van der Waals surface area contributed by atoms with Gasteiger partial charge < -0.3 is 15.8 Å². The van der Waals surface area contributed by atoms with Crippen molar-refractivity contribution in [2.45, 2.75) is 32.7 Å². The van der Waals surface area contributed by atoms with Crippen molar-refractivity contribution in [1.29, 1.82) is 0 Å². The van der Waals surface area contributed by atoms with E-state index in [-0.39, 0.29) is 11.4 Å². The van der Waals surface area contributed by atoms with Crippen LogP contribution in [0.25, 0.3) is 21.5 Å². The molecule has 0 saturated heterocycles. The molecule has 0 fully saturated rings. The second-order valence-electron chi connectivity index (χ2n) is 6.81. The van der Waals surface area contributed by atoms with Gasteiger partial charge in [-0.3, -0.25) is 4.79 Å². The highest BCUT2D eigenvalue weighted by atomic mass is 32.1. The monoisotopic (exact) mass is 369 g/mol. The quantitative estimate of drug-likeness (QED) is 0.695. The van der Waals surface area contributed by atoms with Crippen LogP contribution in [0.1, 0.15) is 36.9 Å². The van der Waals surface area contributed by atoms with Gasteiger partial charge in [0.1, 0.15) is 15.5 Å². The molecule has 3 aromatic rings. The van der Waals surface area contributed by atoms with Gasteiger partial charge in [0.2, 0.25) is 0 Å². The Morgan fingerprint density at radius 3 is 2.54 bits per heavy atom. The molecular weight excluding hydrogens is 346 g/mol. The van der Waals surface area contributed by atoms with Gasteiger partial charge in [-0.05, 0) is 56.7 Å². The molecule has 0 bridgehead atoms. The largest absolute Gasteiger partial charge is 0.497 e. The van der Waals surface area contributed by atoms with E-state index in [0.29, 0.717) is 10.6 Å². The third-order valence-corrected chi connectivity index (χ3v) is 5.64. The van der Waals surface area contributed by atoms with Gasteiger partial charge in [0.05, 0.1) is 18.5 Å². The number of carbonyl (C=O) groups excluding carboxylic acids is 1. The van der Waals surface area contributed by atoms with Gasteiger partial charge in [0, 0.05) is 16.5 Å². The summed E-state index contributed by atoms with van der Waals surface area (Å²) in [5.74, 6) is 0.649. The number of fused-ring (bicyclic) bond motifs is 1. The van der Waals surface area contributed by atoms with E-state index in [1.807, 2.05) is 57.2 Å². The summed E-state index contributed by atoms with van der Waals surface area (Å²) in [5, 5.41) is 3.84. The summed E-state index contributed by atoms with van der Waals surface area (Å²) in [6, 6.07) is 11.6. The van der Waals surface area contributed by atoms with Crippen LogP contribution in [-0.4, -0.2) is 23.5 Å². The number of ether oxygens (including phenoxy) is 1. The maximum absolute atomic E-state index is 12.6. The number of rotatable bonds is 5. The van der Waals surface area contributed by atoms with Crippen LogP contribution in [-0.2, 0) is 0 Å². The van der Waals surface area contributed by atoms with Crippen LogP contribution >= 0.6 is 11.3 Å². The predicted octanol–water partition coefficient (Wildman–Crippen LogP) is 4.47. The number of carbonyl (C=O) groups is 1. The average Bonchev–Trinajstić information content (AvgIpc) is 2.98. The molecule has 0 unspecified atom stereocenters. The molecule has 0 atom stereocenters. The smallest absolute Gasteiger partial charge is 0.263 e. The van der Waals surface area contributed by atoms with Gasteiger partial charge in [0.15, 0.2) is 0 Å². The van der Waals surface area contributed by atoms with Crippen molar-refractivity contribution in [2.75, 3.05) is 12.8 Å². The van der Waals surface area contributed by atoms with Crippen LogP contribution in [0.2, 0.25) is 0 Å². The molecule has 1 aromatic carbocycles. The normalized spacial score (nSPS) is 11.5. The Kier molecular flexibility index (Phi) is 4.87. The van der Waals surface area contributed by atoms with Crippen LogP contribution in [0.3, 0.4) is 0 Å². The lowest BCUT2D eigenvalue weighted by Crippen LogP contribution is -2.42. The number of aromatic nitrogens is 1. The lowest BCUT2D eigenvalue weighted by atomic mass is 10.0. The number of nitrogen functional groups attached to an aromatic ring is 1. The van der Waals surface area contributed by atoms with Crippen molar-refractivity contribution in [2.24, 2.45) is 0 Å². The SMILES string of the molecule is CCC(C)(C)NC(=O)c1sc2nc(-c3ccc(OC)cc3)ccc2c1N. The number of nitrogens with two attached hydrogens (primary N) is 1. The first kappa shape index (κ1) is 18.2. The van der Waals surface area contributed by atoms with Crippen molar-refractivity contribution < 1.29 is 9.53 Å². The van der Waals surface area contributed by atoms with Gasteiger partial charge in [-0.25, -0.2) is 4.98 Å². The third-order valence-electron chi connectivity index (χ3n) is 4.52. The first-order valence-corrected chi connectivity index (χ1v) is 9.32. The molecule has 0 aliphatic heterocycles. The molecule has 0 aliphatic carbocycles. The molecule has 2 heterocycles. The highest BCUT2D eigenvalue weighted by Gasteiger charge is 2.23. The summed E-state index contributed by atoms with van der Waals surface area (Å²) in [4.78, 5) is 18.6. The maximum Gasteiger partial charge on any atom is 0.263 e. The fourth-order valence-corrected chi connectivity index (χ4v) is 3.53. The Morgan fingerprint density at radius 2 is 1.92 bits per heavy atom. The molecular formula is C20H23N3O2S.